The molecular formula is C20H18F2N4O4. The zero-order valence-electron chi connectivity index (χ0n) is 15.6. The van der Waals surface area contributed by atoms with Gasteiger partial charge in [0.25, 0.3) is 0 Å². The first-order chi connectivity index (χ1) is 14.4. The standard InChI is InChI=1S/C20H18F2N4O4/c21-20(22)30-16-8-6-13(7-9-16)17(11-19(28)29)24-18(27)10-14-12-23-26(25-14)15-4-2-1-3-5-15/h1-9,12,17,20H,10-11H2,(H,24,27)(H,28,29). The number of ether oxygens (including phenoxy) is 1. The maximum Gasteiger partial charge on any atom is 0.387 e. The maximum absolute atomic E-state index is 12.4. The van der Waals surface area contributed by atoms with Gasteiger partial charge in [0.05, 0.1) is 36.5 Å². The molecule has 0 bridgehead atoms. The van der Waals surface area contributed by atoms with Crippen LogP contribution in [-0.4, -0.2) is 38.6 Å². The average molecular weight is 416 g/mol. The number of para-hydroxylation sites is 1. The molecule has 1 aromatic heterocycles. The van der Waals surface area contributed by atoms with E-state index in [2.05, 4.69) is 20.3 Å². The molecule has 0 radical (unpaired) electrons. The molecule has 0 aliphatic rings. The molecule has 2 N–H and O–H groups in total. The lowest BCUT2D eigenvalue weighted by Gasteiger charge is -2.17. The number of nitrogens with one attached hydrogen (secondary N) is 1. The highest BCUT2D eigenvalue weighted by molar-refractivity contribution is 5.79. The molecule has 0 aliphatic carbocycles. The van der Waals surface area contributed by atoms with Crippen molar-refractivity contribution in [1.82, 2.24) is 20.3 Å². The highest BCUT2D eigenvalue weighted by atomic mass is 19.3. The SMILES string of the molecule is O=C(O)CC(NC(=O)Cc1cnn(-c2ccccc2)n1)c1ccc(OC(F)F)cc1. The molecule has 1 atom stereocenters. The summed E-state index contributed by atoms with van der Waals surface area (Å²) >= 11 is 0. The molecular weight excluding hydrogens is 398 g/mol. The van der Waals surface area contributed by atoms with Crippen LogP contribution in [0.15, 0.2) is 60.8 Å². The summed E-state index contributed by atoms with van der Waals surface area (Å²) in [7, 11) is 0. The Morgan fingerprint density at radius 1 is 1.10 bits per heavy atom. The van der Waals surface area contributed by atoms with Crippen molar-refractivity contribution in [3.8, 4) is 11.4 Å². The van der Waals surface area contributed by atoms with E-state index >= 15 is 0 Å². The minimum absolute atomic E-state index is 0.0633. The van der Waals surface area contributed by atoms with Crippen LogP contribution >= 0.6 is 0 Å². The van der Waals surface area contributed by atoms with E-state index in [1.54, 1.807) is 0 Å². The Bertz CT molecular complexity index is 994. The number of carboxylic acid groups (broad SMARTS) is 1. The summed E-state index contributed by atoms with van der Waals surface area (Å²) in [6.07, 6.45) is 0.974. The Hall–Kier alpha value is -3.82. The van der Waals surface area contributed by atoms with Gasteiger partial charge in [-0.1, -0.05) is 30.3 Å². The molecule has 0 saturated heterocycles. The zero-order valence-corrected chi connectivity index (χ0v) is 15.6. The van der Waals surface area contributed by atoms with Crippen LogP contribution in [0.4, 0.5) is 8.78 Å². The lowest BCUT2D eigenvalue weighted by Crippen LogP contribution is -2.31. The highest BCUT2D eigenvalue weighted by Gasteiger charge is 2.19. The molecule has 8 nitrogen and oxygen atoms in total. The number of benzene rings is 2. The van der Waals surface area contributed by atoms with E-state index in [0.29, 0.717) is 11.3 Å². The topological polar surface area (TPSA) is 106 Å². The third kappa shape index (κ3) is 5.84. The van der Waals surface area contributed by atoms with Crippen LogP contribution in [0.25, 0.3) is 5.69 Å². The summed E-state index contributed by atoms with van der Waals surface area (Å²) in [5, 5.41) is 20.1. The third-order valence-electron chi connectivity index (χ3n) is 4.09. The summed E-state index contributed by atoms with van der Waals surface area (Å²) in [4.78, 5) is 25.0. The Morgan fingerprint density at radius 3 is 2.43 bits per heavy atom. The fraction of sp³-hybridized carbons (Fsp3) is 0.200. The number of nitrogens with zero attached hydrogens (tertiary/aromatic N) is 3. The van der Waals surface area contributed by atoms with E-state index in [4.69, 9.17) is 5.11 Å². The normalized spacial score (nSPS) is 11.8. The van der Waals surface area contributed by atoms with E-state index in [-0.39, 0.29) is 18.6 Å². The Kier molecular flexibility index (Phi) is 6.68. The molecule has 1 unspecified atom stereocenters. The largest absolute Gasteiger partial charge is 0.481 e. The van der Waals surface area contributed by atoms with Gasteiger partial charge in [-0.25, -0.2) is 0 Å². The zero-order chi connectivity index (χ0) is 21.5. The van der Waals surface area contributed by atoms with E-state index in [1.165, 1.54) is 35.3 Å². The Labute approximate surface area is 170 Å². The van der Waals surface area contributed by atoms with Crippen LogP contribution < -0.4 is 10.1 Å². The average Bonchev–Trinajstić information content (AvgIpc) is 3.16. The van der Waals surface area contributed by atoms with Gasteiger partial charge in [-0.05, 0) is 29.8 Å². The molecule has 0 fully saturated rings. The number of halogens is 2. The molecule has 1 amide bonds. The van der Waals surface area contributed by atoms with Crippen molar-refractivity contribution in [1.29, 1.82) is 0 Å². The smallest absolute Gasteiger partial charge is 0.387 e. The molecule has 1 heterocycles. The molecule has 156 valence electrons. The number of hydrogen-bond acceptors (Lipinski definition) is 5. The number of amides is 1. The lowest BCUT2D eigenvalue weighted by molar-refractivity contribution is -0.137. The van der Waals surface area contributed by atoms with Gasteiger partial charge in [-0.15, -0.1) is 0 Å². The van der Waals surface area contributed by atoms with Crippen molar-refractivity contribution in [3.05, 3.63) is 72.1 Å². The first-order valence-electron chi connectivity index (χ1n) is 8.93. The Balaban J connectivity index is 1.67. The molecule has 10 heteroatoms. The first kappa shape index (κ1) is 20.9. The van der Waals surface area contributed by atoms with Gasteiger partial charge < -0.3 is 15.2 Å². The van der Waals surface area contributed by atoms with Crippen LogP contribution in [-0.2, 0) is 16.0 Å². The van der Waals surface area contributed by atoms with Crippen LogP contribution in [0.2, 0.25) is 0 Å². The van der Waals surface area contributed by atoms with Gasteiger partial charge in [0.15, 0.2) is 0 Å². The minimum atomic E-state index is -2.96. The van der Waals surface area contributed by atoms with Gasteiger partial charge in [0.1, 0.15) is 5.75 Å². The van der Waals surface area contributed by atoms with Gasteiger partial charge in [-0.3, -0.25) is 9.59 Å². The van der Waals surface area contributed by atoms with E-state index in [0.717, 1.165) is 5.69 Å². The van der Waals surface area contributed by atoms with Crippen molar-refractivity contribution >= 4 is 11.9 Å². The van der Waals surface area contributed by atoms with E-state index in [1.807, 2.05) is 30.3 Å². The van der Waals surface area contributed by atoms with Crippen molar-refractivity contribution in [3.63, 3.8) is 0 Å². The molecule has 0 aliphatic heterocycles. The lowest BCUT2D eigenvalue weighted by atomic mass is 10.0. The molecule has 0 saturated carbocycles. The number of carbonyl (C=O) groups excluding carboxylic acids is 1. The summed E-state index contributed by atoms with van der Waals surface area (Å²) in [6, 6.07) is 13.7. The highest BCUT2D eigenvalue weighted by Crippen LogP contribution is 2.22. The van der Waals surface area contributed by atoms with Crippen LogP contribution in [0.5, 0.6) is 5.75 Å². The van der Waals surface area contributed by atoms with Gasteiger partial charge in [-0.2, -0.15) is 23.8 Å². The second kappa shape index (κ2) is 9.59. The molecule has 0 spiro atoms. The predicted molar refractivity (Wildman–Crippen MR) is 101 cm³/mol. The molecule has 3 rings (SSSR count). The number of hydrogen-bond donors (Lipinski definition) is 2. The van der Waals surface area contributed by atoms with E-state index in [9.17, 15) is 18.4 Å². The fourth-order valence-electron chi connectivity index (χ4n) is 2.78. The van der Waals surface area contributed by atoms with Crippen LogP contribution in [0, 0.1) is 0 Å². The fourth-order valence-corrected chi connectivity index (χ4v) is 2.78. The number of carbonyl (C=O) groups is 2. The number of rotatable bonds is 9. The summed E-state index contributed by atoms with van der Waals surface area (Å²) in [6.45, 7) is -2.96. The number of aromatic nitrogens is 3. The number of carboxylic acids is 1. The Morgan fingerprint density at radius 2 is 1.80 bits per heavy atom. The van der Waals surface area contributed by atoms with Gasteiger partial charge in [0, 0.05) is 0 Å². The summed E-state index contributed by atoms with van der Waals surface area (Å²) < 4.78 is 28.8. The van der Waals surface area contributed by atoms with Crippen molar-refractivity contribution in [2.75, 3.05) is 0 Å². The van der Waals surface area contributed by atoms with Crippen molar-refractivity contribution < 1.29 is 28.2 Å². The summed E-state index contributed by atoms with van der Waals surface area (Å²) in [5.74, 6) is -1.64. The third-order valence-corrected chi connectivity index (χ3v) is 4.09. The van der Waals surface area contributed by atoms with Gasteiger partial charge >= 0.3 is 12.6 Å². The maximum atomic E-state index is 12.4. The predicted octanol–water partition coefficient (Wildman–Crippen LogP) is 2.74. The van der Waals surface area contributed by atoms with Crippen LogP contribution in [0.3, 0.4) is 0 Å². The van der Waals surface area contributed by atoms with Crippen molar-refractivity contribution in [2.45, 2.75) is 25.5 Å². The van der Waals surface area contributed by atoms with E-state index < -0.39 is 24.5 Å². The molecule has 30 heavy (non-hydrogen) atoms. The second-order valence-corrected chi connectivity index (χ2v) is 6.30. The summed E-state index contributed by atoms with van der Waals surface area (Å²) in [5.41, 5.74) is 1.59. The molecule has 2 aromatic carbocycles. The molecule has 3 aromatic rings. The van der Waals surface area contributed by atoms with Gasteiger partial charge in [0.2, 0.25) is 5.91 Å². The minimum Gasteiger partial charge on any atom is -0.481 e. The first-order valence-corrected chi connectivity index (χ1v) is 8.93. The quantitative estimate of drug-likeness (QED) is 0.556. The number of alkyl halides is 2. The van der Waals surface area contributed by atoms with Crippen molar-refractivity contribution in [2.24, 2.45) is 0 Å². The van der Waals surface area contributed by atoms with Crippen LogP contribution in [0.1, 0.15) is 23.7 Å². The monoisotopic (exact) mass is 416 g/mol. The number of aliphatic carboxylic acids is 1. The second-order valence-electron chi connectivity index (χ2n) is 6.30.